The highest BCUT2D eigenvalue weighted by molar-refractivity contribution is 9.10. The molecule has 0 radical (unpaired) electrons. The van der Waals surface area contributed by atoms with E-state index in [9.17, 15) is 4.79 Å². The van der Waals surface area contributed by atoms with Gasteiger partial charge in [-0.25, -0.2) is 10.1 Å². The maximum Gasteiger partial charge on any atom is 0.290 e. The summed E-state index contributed by atoms with van der Waals surface area (Å²) >= 11 is 3.49. The molecule has 0 amide bonds. The van der Waals surface area contributed by atoms with E-state index in [0.29, 0.717) is 5.69 Å². The Hall–Kier alpha value is -1.69. The Bertz CT molecular complexity index is 690. The van der Waals surface area contributed by atoms with Gasteiger partial charge in [0, 0.05) is 11.1 Å². The molecule has 1 N–H and O–H groups in total. The molecule has 0 saturated heterocycles. The number of hydrogen-bond acceptors (Lipinski definition) is 4. The fourth-order valence-electron chi connectivity index (χ4n) is 1.99. The molecule has 106 valence electrons. The molecule has 2 aromatic rings. The third-order valence-electron chi connectivity index (χ3n) is 2.95. The summed E-state index contributed by atoms with van der Waals surface area (Å²) in [7, 11) is 1.63. The van der Waals surface area contributed by atoms with Crippen LogP contribution in [0.5, 0.6) is 5.75 Å². The highest BCUT2D eigenvalue weighted by Gasteiger charge is 2.22. The summed E-state index contributed by atoms with van der Waals surface area (Å²) in [6.45, 7) is 6.27. The van der Waals surface area contributed by atoms with E-state index in [1.54, 1.807) is 7.11 Å². The molecule has 5 nitrogen and oxygen atoms in total. The molecular weight excluding hydrogens is 322 g/mol. The van der Waals surface area contributed by atoms with Gasteiger partial charge in [0.05, 0.1) is 11.6 Å². The predicted octanol–water partition coefficient (Wildman–Crippen LogP) is 2.90. The number of ether oxygens (including phenoxy) is 1. The molecule has 0 unspecified atom stereocenters. The summed E-state index contributed by atoms with van der Waals surface area (Å²) in [6.07, 6.45) is 1.33. The highest BCUT2D eigenvalue weighted by atomic mass is 79.9. The fraction of sp³-hybridized carbons (Fsp3) is 0.357. The minimum atomic E-state index is -0.315. The van der Waals surface area contributed by atoms with Crippen LogP contribution in [0, 0.1) is 0 Å². The molecule has 0 aliphatic heterocycles. The molecule has 0 spiro atoms. The standard InChI is InChI=1S/C14H16BrN3O2/c1-14(2,3)9-5-8(6-10(15)12(9)20-4)11-13(19)18-17-7-16-11/h5-7H,1-4H3,(H,18,19). The van der Waals surface area contributed by atoms with Gasteiger partial charge in [-0.3, -0.25) is 4.79 Å². The van der Waals surface area contributed by atoms with Gasteiger partial charge in [0.25, 0.3) is 5.56 Å². The monoisotopic (exact) mass is 337 g/mol. The largest absolute Gasteiger partial charge is 0.495 e. The third kappa shape index (κ3) is 2.75. The first-order valence-electron chi connectivity index (χ1n) is 6.12. The van der Waals surface area contributed by atoms with Crippen LogP contribution in [-0.2, 0) is 5.41 Å². The Morgan fingerprint density at radius 1 is 1.30 bits per heavy atom. The van der Waals surface area contributed by atoms with Crippen LogP contribution in [0.4, 0.5) is 0 Å². The summed E-state index contributed by atoms with van der Waals surface area (Å²) in [4.78, 5) is 15.9. The van der Waals surface area contributed by atoms with Crippen LogP contribution in [0.15, 0.2) is 27.7 Å². The third-order valence-corrected chi connectivity index (χ3v) is 3.54. The summed E-state index contributed by atoms with van der Waals surface area (Å²) in [5.41, 5.74) is 1.64. The van der Waals surface area contributed by atoms with Crippen molar-refractivity contribution in [3.05, 3.63) is 38.9 Å². The second kappa shape index (κ2) is 5.36. The molecule has 0 bridgehead atoms. The maximum absolute atomic E-state index is 11.8. The van der Waals surface area contributed by atoms with E-state index in [2.05, 4.69) is 51.9 Å². The van der Waals surface area contributed by atoms with Crippen molar-refractivity contribution in [1.82, 2.24) is 15.2 Å². The van der Waals surface area contributed by atoms with Crippen LogP contribution in [0.25, 0.3) is 11.3 Å². The summed E-state index contributed by atoms with van der Waals surface area (Å²) in [5.74, 6) is 0.770. The van der Waals surface area contributed by atoms with Crippen molar-refractivity contribution >= 4 is 15.9 Å². The maximum atomic E-state index is 11.8. The number of benzene rings is 1. The Labute approximate surface area is 125 Å². The lowest BCUT2D eigenvalue weighted by atomic mass is 9.85. The first-order chi connectivity index (χ1) is 9.34. The molecule has 1 aromatic heterocycles. The molecule has 1 heterocycles. The van der Waals surface area contributed by atoms with Gasteiger partial charge < -0.3 is 4.74 Å². The zero-order valence-corrected chi connectivity index (χ0v) is 13.4. The van der Waals surface area contributed by atoms with E-state index in [1.165, 1.54) is 6.33 Å². The molecular formula is C14H16BrN3O2. The molecule has 0 fully saturated rings. The average Bonchev–Trinajstić information content (AvgIpc) is 2.37. The lowest BCUT2D eigenvalue weighted by Gasteiger charge is -2.23. The van der Waals surface area contributed by atoms with Gasteiger partial charge in [-0.1, -0.05) is 20.8 Å². The smallest absolute Gasteiger partial charge is 0.290 e. The number of aromatic amines is 1. The van der Waals surface area contributed by atoms with Gasteiger partial charge >= 0.3 is 0 Å². The van der Waals surface area contributed by atoms with Crippen LogP contribution in [-0.4, -0.2) is 22.3 Å². The number of methoxy groups -OCH3 is 1. The lowest BCUT2D eigenvalue weighted by Crippen LogP contribution is -2.15. The van der Waals surface area contributed by atoms with Crippen molar-refractivity contribution in [3.63, 3.8) is 0 Å². The SMILES string of the molecule is COc1c(Br)cc(-c2ncn[nH]c2=O)cc1C(C)(C)C. The number of rotatable bonds is 2. The van der Waals surface area contributed by atoms with Crippen molar-refractivity contribution in [2.24, 2.45) is 0 Å². The second-order valence-electron chi connectivity index (χ2n) is 5.45. The topological polar surface area (TPSA) is 67.9 Å². The minimum absolute atomic E-state index is 0.121. The first kappa shape index (κ1) is 14.7. The molecule has 0 aliphatic rings. The lowest BCUT2D eigenvalue weighted by molar-refractivity contribution is 0.395. The summed E-state index contributed by atoms with van der Waals surface area (Å²) in [6, 6.07) is 3.76. The zero-order chi connectivity index (χ0) is 14.9. The van der Waals surface area contributed by atoms with Gasteiger partial charge in [0.1, 0.15) is 17.8 Å². The van der Waals surface area contributed by atoms with Crippen LogP contribution >= 0.6 is 15.9 Å². The Morgan fingerprint density at radius 3 is 2.55 bits per heavy atom. The normalized spacial score (nSPS) is 11.4. The number of halogens is 1. The van der Waals surface area contributed by atoms with E-state index in [1.807, 2.05) is 12.1 Å². The highest BCUT2D eigenvalue weighted by Crippen LogP contribution is 2.39. The Kier molecular flexibility index (Phi) is 3.94. The van der Waals surface area contributed by atoms with E-state index < -0.39 is 0 Å². The number of nitrogens with zero attached hydrogens (tertiary/aromatic N) is 2. The van der Waals surface area contributed by atoms with Crippen molar-refractivity contribution in [3.8, 4) is 17.0 Å². The average molecular weight is 338 g/mol. The van der Waals surface area contributed by atoms with E-state index in [4.69, 9.17) is 4.74 Å². The van der Waals surface area contributed by atoms with Crippen LogP contribution < -0.4 is 10.3 Å². The number of H-pyrrole nitrogens is 1. The predicted molar refractivity (Wildman–Crippen MR) is 81.0 cm³/mol. The molecule has 20 heavy (non-hydrogen) atoms. The summed E-state index contributed by atoms with van der Waals surface area (Å²) in [5, 5.41) is 6.00. The van der Waals surface area contributed by atoms with E-state index in [-0.39, 0.29) is 11.0 Å². The minimum Gasteiger partial charge on any atom is -0.495 e. The summed E-state index contributed by atoms with van der Waals surface area (Å²) < 4.78 is 6.25. The molecule has 0 atom stereocenters. The number of aromatic nitrogens is 3. The number of hydrogen-bond donors (Lipinski definition) is 1. The Morgan fingerprint density at radius 2 is 2.00 bits per heavy atom. The molecule has 6 heteroatoms. The van der Waals surface area contributed by atoms with E-state index in [0.717, 1.165) is 21.3 Å². The molecule has 0 aliphatic carbocycles. The van der Waals surface area contributed by atoms with Crippen molar-refractivity contribution in [2.45, 2.75) is 26.2 Å². The van der Waals surface area contributed by atoms with Crippen molar-refractivity contribution < 1.29 is 4.74 Å². The van der Waals surface area contributed by atoms with Crippen LogP contribution in [0.1, 0.15) is 26.3 Å². The molecule has 0 saturated carbocycles. The van der Waals surface area contributed by atoms with Gasteiger partial charge in [-0.15, -0.1) is 0 Å². The van der Waals surface area contributed by atoms with Gasteiger partial charge in [-0.05, 0) is 33.5 Å². The quantitative estimate of drug-likeness (QED) is 0.914. The zero-order valence-electron chi connectivity index (χ0n) is 11.8. The van der Waals surface area contributed by atoms with Crippen LogP contribution in [0.2, 0.25) is 0 Å². The first-order valence-corrected chi connectivity index (χ1v) is 6.92. The van der Waals surface area contributed by atoms with Gasteiger partial charge in [-0.2, -0.15) is 5.10 Å². The molecule has 2 rings (SSSR count). The van der Waals surface area contributed by atoms with Crippen molar-refractivity contribution in [2.75, 3.05) is 7.11 Å². The Balaban J connectivity index is 2.73. The van der Waals surface area contributed by atoms with Crippen LogP contribution in [0.3, 0.4) is 0 Å². The van der Waals surface area contributed by atoms with Gasteiger partial charge in [0.15, 0.2) is 0 Å². The number of nitrogens with one attached hydrogen (secondary N) is 1. The molecule has 1 aromatic carbocycles. The van der Waals surface area contributed by atoms with E-state index >= 15 is 0 Å². The van der Waals surface area contributed by atoms with Gasteiger partial charge in [0.2, 0.25) is 0 Å². The van der Waals surface area contributed by atoms with Crippen molar-refractivity contribution in [1.29, 1.82) is 0 Å². The fourth-order valence-corrected chi connectivity index (χ4v) is 2.61. The second-order valence-corrected chi connectivity index (χ2v) is 6.31.